The lowest BCUT2D eigenvalue weighted by Crippen LogP contribution is -2.11. The molecule has 0 aliphatic carbocycles. The van der Waals surface area contributed by atoms with E-state index < -0.39 is 11.7 Å². The maximum Gasteiger partial charge on any atom is 0.416 e. The molecule has 0 heterocycles. The fraction of sp³-hybridized carbons (Fsp3) is 0.143. The Kier molecular flexibility index (Phi) is 2.70. The van der Waals surface area contributed by atoms with Crippen LogP contribution in [-0.2, 0) is 6.18 Å². The van der Waals surface area contributed by atoms with E-state index in [-0.39, 0.29) is 0 Å². The number of rotatable bonds is 0. The molecule has 12 heavy (non-hydrogen) atoms. The van der Waals surface area contributed by atoms with Crippen molar-refractivity contribution < 1.29 is 13.2 Å². The van der Waals surface area contributed by atoms with Gasteiger partial charge in [-0.3, -0.25) is 0 Å². The van der Waals surface area contributed by atoms with Crippen LogP contribution in [0.5, 0.6) is 0 Å². The Labute approximate surface area is 82.7 Å². The van der Waals surface area contributed by atoms with E-state index in [1.165, 1.54) is 0 Å². The Morgan fingerprint density at radius 2 is 1.75 bits per heavy atom. The van der Waals surface area contributed by atoms with Crippen LogP contribution >= 0.6 is 22.6 Å². The Balaban J connectivity index is 3.18. The predicted octanol–water partition coefficient (Wildman–Crippen LogP) is 1.57. The van der Waals surface area contributed by atoms with Crippen LogP contribution in [0.4, 0.5) is 13.2 Å². The molecule has 0 bridgehead atoms. The van der Waals surface area contributed by atoms with Crippen LogP contribution in [-0.4, -0.2) is 7.85 Å². The quantitative estimate of drug-likeness (QED) is 0.501. The van der Waals surface area contributed by atoms with Crippen LogP contribution in [0, 0.1) is 3.57 Å². The van der Waals surface area contributed by atoms with Gasteiger partial charge in [-0.1, -0.05) is 17.6 Å². The van der Waals surface area contributed by atoms with Crippen molar-refractivity contribution in [3.05, 3.63) is 27.3 Å². The van der Waals surface area contributed by atoms with Gasteiger partial charge < -0.3 is 0 Å². The van der Waals surface area contributed by atoms with E-state index in [0.717, 1.165) is 12.1 Å². The molecule has 1 aromatic rings. The summed E-state index contributed by atoms with van der Waals surface area (Å²) in [5, 5.41) is 0. The minimum Gasteiger partial charge on any atom is -0.166 e. The molecule has 0 atom stereocenters. The zero-order chi connectivity index (χ0) is 9.35. The van der Waals surface area contributed by atoms with Crippen molar-refractivity contribution >= 4 is 35.9 Å². The number of hydrogen-bond acceptors (Lipinski definition) is 0. The second-order valence-electron chi connectivity index (χ2n) is 2.52. The normalized spacial score (nSPS) is 11.7. The van der Waals surface area contributed by atoms with Gasteiger partial charge in [0.25, 0.3) is 0 Å². The van der Waals surface area contributed by atoms with E-state index in [9.17, 15) is 13.2 Å². The molecule has 0 N–H and O–H groups in total. The summed E-state index contributed by atoms with van der Waals surface area (Å²) in [5.74, 6) is 0. The maximum absolute atomic E-state index is 12.1. The van der Waals surface area contributed by atoms with Gasteiger partial charge in [0.2, 0.25) is 0 Å². The van der Waals surface area contributed by atoms with Crippen LogP contribution in [0.15, 0.2) is 18.2 Å². The minimum atomic E-state index is -4.23. The smallest absolute Gasteiger partial charge is 0.166 e. The van der Waals surface area contributed by atoms with Crippen LogP contribution in [0.3, 0.4) is 0 Å². The largest absolute Gasteiger partial charge is 0.416 e. The molecule has 0 nitrogen and oxygen atoms in total. The van der Waals surface area contributed by atoms with Gasteiger partial charge in [-0.05, 0) is 28.7 Å². The van der Waals surface area contributed by atoms with E-state index in [4.69, 9.17) is 0 Å². The fourth-order valence-electron chi connectivity index (χ4n) is 0.900. The van der Waals surface area contributed by atoms with E-state index in [0.29, 0.717) is 9.03 Å². The standard InChI is InChI=1S/C7H5BF3I/c8-5-1-4(7(9,10)11)2-6(12)3-5/h1-3H,8H2. The lowest BCUT2D eigenvalue weighted by atomic mass is 9.94. The molecular formula is C7H5BF3I. The molecule has 1 aromatic carbocycles. The van der Waals surface area contributed by atoms with Gasteiger partial charge in [0.15, 0.2) is 0 Å². The second kappa shape index (κ2) is 3.28. The van der Waals surface area contributed by atoms with Crippen molar-refractivity contribution in [2.24, 2.45) is 0 Å². The first-order valence-electron chi connectivity index (χ1n) is 3.24. The van der Waals surface area contributed by atoms with Crippen LogP contribution in [0.2, 0.25) is 0 Å². The molecule has 64 valence electrons. The number of benzene rings is 1. The van der Waals surface area contributed by atoms with E-state index in [1.807, 2.05) is 22.6 Å². The van der Waals surface area contributed by atoms with Crippen molar-refractivity contribution in [3.63, 3.8) is 0 Å². The van der Waals surface area contributed by atoms with Crippen molar-refractivity contribution in [1.82, 2.24) is 0 Å². The molecule has 0 aliphatic rings. The molecule has 0 unspecified atom stereocenters. The average Bonchev–Trinajstić information content (AvgIpc) is 1.82. The first-order valence-corrected chi connectivity index (χ1v) is 4.32. The van der Waals surface area contributed by atoms with Crippen molar-refractivity contribution in [2.45, 2.75) is 6.18 Å². The number of halogens is 4. The molecule has 0 aromatic heterocycles. The third-order valence-electron chi connectivity index (χ3n) is 1.37. The van der Waals surface area contributed by atoms with Gasteiger partial charge in [-0.2, -0.15) is 13.2 Å². The van der Waals surface area contributed by atoms with Crippen LogP contribution < -0.4 is 5.46 Å². The lowest BCUT2D eigenvalue weighted by molar-refractivity contribution is -0.137. The molecule has 5 heteroatoms. The summed E-state index contributed by atoms with van der Waals surface area (Å²) < 4.78 is 37.0. The predicted molar refractivity (Wildman–Crippen MR) is 52.3 cm³/mol. The van der Waals surface area contributed by atoms with Crippen molar-refractivity contribution in [1.29, 1.82) is 0 Å². The van der Waals surface area contributed by atoms with Gasteiger partial charge >= 0.3 is 6.18 Å². The van der Waals surface area contributed by atoms with Gasteiger partial charge in [-0.15, -0.1) is 0 Å². The molecule has 0 radical (unpaired) electrons. The number of alkyl halides is 3. The Bertz CT molecular complexity index is 275. The minimum absolute atomic E-state index is 0.577. The second-order valence-corrected chi connectivity index (χ2v) is 3.76. The zero-order valence-corrected chi connectivity index (χ0v) is 8.40. The lowest BCUT2D eigenvalue weighted by Gasteiger charge is -2.07. The summed E-state index contributed by atoms with van der Waals surface area (Å²) in [5.41, 5.74) is 0.0566. The number of hydrogen-bond donors (Lipinski definition) is 0. The van der Waals surface area contributed by atoms with Crippen LogP contribution in [0.25, 0.3) is 0 Å². The van der Waals surface area contributed by atoms with Crippen molar-refractivity contribution in [3.8, 4) is 0 Å². The summed E-state index contributed by atoms with van der Waals surface area (Å²) >= 11 is 1.87. The van der Waals surface area contributed by atoms with Gasteiger partial charge in [0, 0.05) is 3.57 Å². The first-order chi connectivity index (χ1) is 5.39. The topological polar surface area (TPSA) is 0 Å². The first kappa shape index (κ1) is 9.89. The third kappa shape index (κ3) is 2.40. The molecular weight excluding hydrogens is 279 g/mol. The summed E-state index contributed by atoms with van der Waals surface area (Å²) in [4.78, 5) is 0. The maximum atomic E-state index is 12.1. The summed E-state index contributed by atoms with van der Waals surface area (Å²) in [6.45, 7) is 0. The molecule has 0 saturated carbocycles. The van der Waals surface area contributed by atoms with E-state index in [1.54, 1.807) is 13.9 Å². The molecule has 0 aliphatic heterocycles. The molecule has 1 rings (SSSR count). The van der Waals surface area contributed by atoms with E-state index in [2.05, 4.69) is 0 Å². The highest BCUT2D eigenvalue weighted by Crippen LogP contribution is 2.29. The average molecular weight is 284 g/mol. The van der Waals surface area contributed by atoms with Crippen molar-refractivity contribution in [2.75, 3.05) is 0 Å². The Morgan fingerprint density at radius 3 is 2.17 bits per heavy atom. The summed E-state index contributed by atoms with van der Waals surface area (Å²) in [7, 11) is 1.65. The summed E-state index contributed by atoms with van der Waals surface area (Å²) in [6, 6.07) is 3.98. The highest BCUT2D eigenvalue weighted by molar-refractivity contribution is 14.1. The van der Waals surface area contributed by atoms with Crippen LogP contribution in [0.1, 0.15) is 5.56 Å². The van der Waals surface area contributed by atoms with Gasteiger partial charge in [0.1, 0.15) is 7.85 Å². The molecule has 0 spiro atoms. The zero-order valence-electron chi connectivity index (χ0n) is 6.24. The molecule has 0 saturated heterocycles. The van der Waals surface area contributed by atoms with E-state index >= 15 is 0 Å². The Hall–Kier alpha value is -0.195. The monoisotopic (exact) mass is 284 g/mol. The van der Waals surface area contributed by atoms with Gasteiger partial charge in [0.05, 0.1) is 5.56 Å². The third-order valence-corrected chi connectivity index (χ3v) is 1.99. The highest BCUT2D eigenvalue weighted by atomic mass is 127. The highest BCUT2D eigenvalue weighted by Gasteiger charge is 2.30. The summed E-state index contributed by atoms with van der Waals surface area (Å²) in [6.07, 6.45) is -4.23. The van der Waals surface area contributed by atoms with Gasteiger partial charge in [-0.25, -0.2) is 0 Å². The SMILES string of the molecule is Bc1cc(I)cc(C(F)(F)F)c1. The molecule has 0 amide bonds. The fourth-order valence-corrected chi connectivity index (χ4v) is 1.73. The Morgan fingerprint density at radius 1 is 1.17 bits per heavy atom. The molecule has 0 fully saturated rings.